The second kappa shape index (κ2) is 3.78. The number of rotatable bonds is 3. The van der Waals surface area contributed by atoms with E-state index in [1.807, 2.05) is 0 Å². The molecule has 10 heavy (non-hydrogen) atoms. The minimum Gasteiger partial charge on any atom is -0.298 e. The summed E-state index contributed by atoms with van der Waals surface area (Å²) in [6.45, 7) is 2.89. The van der Waals surface area contributed by atoms with E-state index in [4.69, 9.17) is 5.26 Å². The SMILES string of the molecule is CCC(=O)C(C#N)C(C)=O. The maximum Gasteiger partial charge on any atom is 0.162 e. The molecule has 54 valence electrons. The molecule has 0 aromatic carbocycles. The van der Waals surface area contributed by atoms with Crippen LogP contribution in [0.4, 0.5) is 0 Å². The number of hydrogen-bond donors (Lipinski definition) is 0. The lowest BCUT2D eigenvalue weighted by atomic mass is 10.0. The number of ketones is 2. The molecule has 0 amide bonds. The zero-order chi connectivity index (χ0) is 8.15. The molecule has 0 heterocycles. The lowest BCUT2D eigenvalue weighted by Crippen LogP contribution is -2.18. The van der Waals surface area contributed by atoms with Gasteiger partial charge in [0.2, 0.25) is 0 Å². The number of nitriles is 1. The first kappa shape index (κ1) is 8.83. The molecule has 0 saturated heterocycles. The molecule has 0 bridgehead atoms. The molecule has 0 aromatic heterocycles. The van der Waals surface area contributed by atoms with Crippen molar-refractivity contribution in [3.8, 4) is 6.07 Å². The number of carbonyl (C=O) groups excluding carboxylic acids is 2. The summed E-state index contributed by atoms with van der Waals surface area (Å²) in [4.78, 5) is 21.3. The van der Waals surface area contributed by atoms with Gasteiger partial charge >= 0.3 is 0 Å². The van der Waals surface area contributed by atoms with Crippen LogP contribution in [0.5, 0.6) is 0 Å². The monoisotopic (exact) mass is 139 g/mol. The Morgan fingerprint density at radius 1 is 1.60 bits per heavy atom. The molecular weight excluding hydrogens is 130 g/mol. The van der Waals surface area contributed by atoms with E-state index in [1.54, 1.807) is 13.0 Å². The van der Waals surface area contributed by atoms with Crippen LogP contribution in [-0.4, -0.2) is 11.6 Å². The highest BCUT2D eigenvalue weighted by atomic mass is 16.1. The first-order valence-electron chi connectivity index (χ1n) is 3.06. The van der Waals surface area contributed by atoms with E-state index >= 15 is 0 Å². The van der Waals surface area contributed by atoms with Gasteiger partial charge in [0.1, 0.15) is 0 Å². The molecule has 0 fully saturated rings. The van der Waals surface area contributed by atoms with Crippen molar-refractivity contribution in [3.05, 3.63) is 0 Å². The third kappa shape index (κ3) is 1.98. The molecule has 0 N–H and O–H groups in total. The Labute approximate surface area is 59.6 Å². The maximum absolute atomic E-state index is 10.7. The summed E-state index contributed by atoms with van der Waals surface area (Å²) in [5.74, 6) is -1.70. The van der Waals surface area contributed by atoms with Gasteiger partial charge in [0.15, 0.2) is 17.5 Å². The number of carbonyl (C=O) groups is 2. The molecule has 3 heteroatoms. The highest BCUT2D eigenvalue weighted by Crippen LogP contribution is 2.00. The molecule has 0 rings (SSSR count). The Morgan fingerprint density at radius 3 is 2.20 bits per heavy atom. The van der Waals surface area contributed by atoms with Crippen LogP contribution >= 0.6 is 0 Å². The van der Waals surface area contributed by atoms with Crippen molar-refractivity contribution in [2.45, 2.75) is 20.3 Å². The summed E-state index contributed by atoms with van der Waals surface area (Å²) < 4.78 is 0. The molecule has 0 aliphatic heterocycles. The van der Waals surface area contributed by atoms with Gasteiger partial charge in [-0.2, -0.15) is 5.26 Å². The van der Waals surface area contributed by atoms with Gasteiger partial charge in [-0.25, -0.2) is 0 Å². The Kier molecular flexibility index (Phi) is 3.34. The average molecular weight is 139 g/mol. The smallest absolute Gasteiger partial charge is 0.162 e. The van der Waals surface area contributed by atoms with Gasteiger partial charge < -0.3 is 0 Å². The second-order valence-electron chi connectivity index (χ2n) is 1.99. The number of hydrogen-bond acceptors (Lipinski definition) is 3. The number of nitrogens with zero attached hydrogens (tertiary/aromatic N) is 1. The topological polar surface area (TPSA) is 57.9 Å². The minimum atomic E-state index is -1.04. The minimum absolute atomic E-state index is 0.248. The van der Waals surface area contributed by atoms with E-state index in [0.717, 1.165) is 0 Å². The lowest BCUT2D eigenvalue weighted by molar-refractivity contribution is -0.129. The van der Waals surface area contributed by atoms with Gasteiger partial charge in [-0.1, -0.05) is 6.92 Å². The standard InChI is InChI=1S/C7H9NO2/c1-3-7(10)6(4-8)5(2)9/h6H,3H2,1-2H3. The summed E-state index contributed by atoms with van der Waals surface area (Å²) in [5.41, 5.74) is 0. The molecule has 0 aliphatic carbocycles. The molecule has 1 atom stereocenters. The van der Waals surface area contributed by atoms with E-state index in [-0.39, 0.29) is 18.0 Å². The normalized spacial score (nSPS) is 11.7. The predicted octanol–water partition coefficient (Wildman–Crippen LogP) is 0.694. The van der Waals surface area contributed by atoms with Crippen molar-refractivity contribution >= 4 is 11.6 Å². The molecule has 1 unspecified atom stereocenters. The zero-order valence-corrected chi connectivity index (χ0v) is 6.05. The van der Waals surface area contributed by atoms with Crippen LogP contribution in [-0.2, 0) is 9.59 Å². The third-order valence-electron chi connectivity index (χ3n) is 1.21. The molecule has 0 aliphatic rings. The Balaban J connectivity index is 4.25. The van der Waals surface area contributed by atoms with Crippen molar-refractivity contribution in [2.24, 2.45) is 5.92 Å². The fourth-order valence-electron chi connectivity index (χ4n) is 0.594. The van der Waals surface area contributed by atoms with E-state index in [9.17, 15) is 9.59 Å². The molecule has 0 saturated carbocycles. The van der Waals surface area contributed by atoms with Crippen molar-refractivity contribution in [2.75, 3.05) is 0 Å². The van der Waals surface area contributed by atoms with Gasteiger partial charge in [-0.05, 0) is 6.92 Å². The average Bonchev–Trinajstić information content (AvgIpc) is 1.88. The van der Waals surface area contributed by atoms with Crippen LogP contribution in [0, 0.1) is 17.2 Å². The van der Waals surface area contributed by atoms with Crippen LogP contribution in [0.15, 0.2) is 0 Å². The zero-order valence-electron chi connectivity index (χ0n) is 6.05. The van der Waals surface area contributed by atoms with Crippen LogP contribution in [0.3, 0.4) is 0 Å². The first-order valence-corrected chi connectivity index (χ1v) is 3.06. The second-order valence-corrected chi connectivity index (χ2v) is 1.99. The predicted molar refractivity (Wildman–Crippen MR) is 35.1 cm³/mol. The fourth-order valence-corrected chi connectivity index (χ4v) is 0.594. The summed E-state index contributed by atoms with van der Waals surface area (Å²) in [5, 5.41) is 8.31. The summed E-state index contributed by atoms with van der Waals surface area (Å²) in [6, 6.07) is 1.65. The fraction of sp³-hybridized carbons (Fsp3) is 0.571. The molecule has 0 aromatic rings. The molecule has 0 spiro atoms. The van der Waals surface area contributed by atoms with Crippen LogP contribution in [0.25, 0.3) is 0 Å². The largest absolute Gasteiger partial charge is 0.298 e. The van der Waals surface area contributed by atoms with Crippen molar-refractivity contribution in [1.29, 1.82) is 5.26 Å². The van der Waals surface area contributed by atoms with E-state index in [2.05, 4.69) is 0 Å². The summed E-state index contributed by atoms with van der Waals surface area (Å²) in [6.07, 6.45) is 0.248. The third-order valence-corrected chi connectivity index (χ3v) is 1.21. The van der Waals surface area contributed by atoms with E-state index < -0.39 is 5.92 Å². The summed E-state index contributed by atoms with van der Waals surface area (Å²) in [7, 11) is 0. The van der Waals surface area contributed by atoms with Crippen molar-refractivity contribution in [3.63, 3.8) is 0 Å². The molecule has 0 radical (unpaired) electrons. The van der Waals surface area contributed by atoms with Crippen LogP contribution in [0.1, 0.15) is 20.3 Å². The summed E-state index contributed by atoms with van der Waals surface area (Å²) >= 11 is 0. The maximum atomic E-state index is 10.7. The lowest BCUT2D eigenvalue weighted by Gasteiger charge is -1.98. The van der Waals surface area contributed by atoms with Gasteiger partial charge in [-0.3, -0.25) is 9.59 Å². The van der Waals surface area contributed by atoms with E-state index in [0.29, 0.717) is 0 Å². The van der Waals surface area contributed by atoms with Gasteiger partial charge in [0.25, 0.3) is 0 Å². The highest BCUT2D eigenvalue weighted by molar-refractivity contribution is 6.03. The Morgan fingerprint density at radius 2 is 2.10 bits per heavy atom. The Hall–Kier alpha value is -1.17. The van der Waals surface area contributed by atoms with Crippen molar-refractivity contribution in [1.82, 2.24) is 0 Å². The van der Waals surface area contributed by atoms with Crippen molar-refractivity contribution < 1.29 is 9.59 Å². The van der Waals surface area contributed by atoms with E-state index in [1.165, 1.54) is 6.92 Å². The Bertz CT molecular complexity index is 190. The highest BCUT2D eigenvalue weighted by Gasteiger charge is 2.19. The first-order chi connectivity index (χ1) is 4.63. The quantitative estimate of drug-likeness (QED) is 0.540. The van der Waals surface area contributed by atoms with Crippen LogP contribution in [0.2, 0.25) is 0 Å². The number of Topliss-reactive ketones (excluding diaryl/α,β-unsaturated/α-hetero) is 2. The van der Waals surface area contributed by atoms with Gasteiger partial charge in [0.05, 0.1) is 6.07 Å². The molecule has 3 nitrogen and oxygen atoms in total. The van der Waals surface area contributed by atoms with Gasteiger partial charge in [0, 0.05) is 6.42 Å². The van der Waals surface area contributed by atoms with Crippen LogP contribution < -0.4 is 0 Å². The van der Waals surface area contributed by atoms with Gasteiger partial charge in [-0.15, -0.1) is 0 Å². The molecular formula is C7H9NO2.